The van der Waals surface area contributed by atoms with Gasteiger partial charge in [0.15, 0.2) is 5.75 Å². The normalized spacial score (nSPS) is 19.1. The molecule has 0 bridgehead atoms. The zero-order chi connectivity index (χ0) is 10.4. The number of nitrogens with one attached hydrogen (secondary N) is 1. The smallest absolute Gasteiger partial charge is 0.225 e. The first-order chi connectivity index (χ1) is 6.64. The van der Waals surface area contributed by atoms with Gasteiger partial charge >= 0.3 is 0 Å². The van der Waals surface area contributed by atoms with Gasteiger partial charge in [-0.3, -0.25) is 0 Å². The van der Waals surface area contributed by atoms with Crippen LogP contribution in [-0.2, 0) is 14.8 Å². The van der Waals surface area contributed by atoms with Gasteiger partial charge < -0.3 is 4.74 Å². The monoisotopic (exact) mass is 218 g/mol. The van der Waals surface area contributed by atoms with Crippen LogP contribution in [0.1, 0.15) is 12.8 Å². The highest BCUT2D eigenvalue weighted by Crippen LogP contribution is 2.13. The van der Waals surface area contributed by atoms with E-state index in [-0.39, 0.29) is 0 Å². The molecule has 1 aliphatic rings. The van der Waals surface area contributed by atoms with Crippen molar-refractivity contribution < 1.29 is 13.2 Å². The number of nitrogens with zero attached hydrogens (tertiary/aromatic N) is 1. The molecular weight excluding hydrogens is 204 g/mol. The molecule has 1 heterocycles. The van der Waals surface area contributed by atoms with E-state index in [9.17, 15) is 8.42 Å². The highest BCUT2D eigenvalue weighted by atomic mass is 32.2. The summed E-state index contributed by atoms with van der Waals surface area (Å²) in [5.74, 6) is -0.117. The molecule has 6 heteroatoms. The average molecular weight is 218 g/mol. The molecule has 0 unspecified atom stereocenters. The Labute approximate surface area is 84.1 Å². The number of ether oxygens (including phenoxy) is 1. The molecule has 5 nitrogen and oxygen atoms in total. The molecule has 0 aromatic rings. The van der Waals surface area contributed by atoms with Crippen molar-refractivity contribution in [2.45, 2.75) is 12.8 Å². The summed E-state index contributed by atoms with van der Waals surface area (Å²) in [4.78, 5) is 0. The van der Waals surface area contributed by atoms with E-state index in [1.165, 1.54) is 0 Å². The number of sulfonamides is 1. The summed E-state index contributed by atoms with van der Waals surface area (Å²) in [5.41, 5.74) is 0. The average Bonchev–Trinajstić information content (AvgIpc) is 2.17. The van der Waals surface area contributed by atoms with Crippen molar-refractivity contribution in [1.82, 2.24) is 4.72 Å². The summed E-state index contributed by atoms with van der Waals surface area (Å²) >= 11 is 0. The minimum absolute atomic E-state index is 0.345. The molecular formula is C8H14N2O3S. The van der Waals surface area contributed by atoms with Crippen molar-refractivity contribution >= 4 is 10.0 Å². The van der Waals surface area contributed by atoms with E-state index >= 15 is 0 Å². The lowest BCUT2D eigenvalue weighted by Gasteiger charge is -2.21. The molecule has 0 atom stereocenters. The van der Waals surface area contributed by atoms with Crippen LogP contribution >= 0.6 is 0 Å². The quantitative estimate of drug-likeness (QED) is 0.712. The third kappa shape index (κ3) is 4.05. The molecule has 0 spiro atoms. The lowest BCUT2D eigenvalue weighted by atomic mass is 10.0. The minimum atomic E-state index is -3.38. The van der Waals surface area contributed by atoms with Crippen LogP contribution in [0.15, 0.2) is 0 Å². The van der Waals surface area contributed by atoms with E-state index in [0.29, 0.717) is 25.7 Å². The minimum Gasteiger partial charge on any atom is -0.381 e. The number of hydrogen-bond donors (Lipinski definition) is 1. The Bertz CT molecular complexity index is 301. The Morgan fingerprint density at radius 1 is 1.43 bits per heavy atom. The molecule has 0 saturated carbocycles. The van der Waals surface area contributed by atoms with Crippen LogP contribution in [0.3, 0.4) is 0 Å². The second-order valence-corrected chi connectivity index (χ2v) is 5.13. The summed E-state index contributed by atoms with van der Waals surface area (Å²) < 4.78 is 29.8. The predicted molar refractivity (Wildman–Crippen MR) is 50.9 cm³/mol. The zero-order valence-electron chi connectivity index (χ0n) is 7.90. The molecule has 1 fully saturated rings. The third-order valence-electron chi connectivity index (χ3n) is 2.19. The van der Waals surface area contributed by atoms with E-state index in [2.05, 4.69) is 4.72 Å². The molecule has 0 amide bonds. The summed E-state index contributed by atoms with van der Waals surface area (Å²) in [5, 5.41) is 8.25. The summed E-state index contributed by atoms with van der Waals surface area (Å²) in [6.07, 6.45) is 1.77. The number of hydrogen-bond acceptors (Lipinski definition) is 4. The van der Waals surface area contributed by atoms with Gasteiger partial charge in [0.05, 0.1) is 6.07 Å². The van der Waals surface area contributed by atoms with Gasteiger partial charge in [-0.2, -0.15) is 5.26 Å². The predicted octanol–water partition coefficient (Wildman–Crippen LogP) is -0.144. The van der Waals surface area contributed by atoms with Crippen molar-refractivity contribution in [2.75, 3.05) is 25.5 Å². The highest BCUT2D eigenvalue weighted by Gasteiger charge is 2.16. The van der Waals surface area contributed by atoms with Crippen LogP contribution in [-0.4, -0.2) is 33.9 Å². The first-order valence-electron chi connectivity index (χ1n) is 4.56. The van der Waals surface area contributed by atoms with Gasteiger partial charge in [-0.15, -0.1) is 0 Å². The molecule has 0 radical (unpaired) electrons. The van der Waals surface area contributed by atoms with E-state index < -0.39 is 15.8 Å². The van der Waals surface area contributed by atoms with Crippen molar-refractivity contribution in [3.63, 3.8) is 0 Å². The maximum atomic E-state index is 11.1. The van der Waals surface area contributed by atoms with Gasteiger partial charge in [-0.25, -0.2) is 13.1 Å². The fourth-order valence-corrected chi connectivity index (χ4v) is 2.09. The van der Waals surface area contributed by atoms with Crippen LogP contribution < -0.4 is 4.72 Å². The number of nitriles is 1. The van der Waals surface area contributed by atoms with Crippen LogP contribution in [0.2, 0.25) is 0 Å². The summed E-state index contributed by atoms with van der Waals surface area (Å²) in [7, 11) is -3.38. The Balaban J connectivity index is 2.29. The Morgan fingerprint density at radius 2 is 2.07 bits per heavy atom. The van der Waals surface area contributed by atoms with Crippen molar-refractivity contribution in [2.24, 2.45) is 5.92 Å². The van der Waals surface area contributed by atoms with Crippen molar-refractivity contribution in [1.29, 1.82) is 5.26 Å². The lowest BCUT2D eigenvalue weighted by molar-refractivity contribution is 0.0678. The second kappa shape index (κ2) is 5.29. The zero-order valence-corrected chi connectivity index (χ0v) is 8.72. The van der Waals surface area contributed by atoms with Crippen molar-refractivity contribution in [3.8, 4) is 6.07 Å². The van der Waals surface area contributed by atoms with Crippen LogP contribution in [0.5, 0.6) is 0 Å². The molecule has 0 aliphatic carbocycles. The fraction of sp³-hybridized carbons (Fsp3) is 0.875. The Kier molecular flexibility index (Phi) is 4.32. The highest BCUT2D eigenvalue weighted by molar-refractivity contribution is 7.89. The van der Waals surface area contributed by atoms with Crippen LogP contribution in [0, 0.1) is 17.2 Å². The van der Waals surface area contributed by atoms with Gasteiger partial charge in [0.2, 0.25) is 10.0 Å². The van der Waals surface area contributed by atoms with Gasteiger partial charge in [0.25, 0.3) is 0 Å². The molecule has 0 aromatic carbocycles. The van der Waals surface area contributed by atoms with Crippen LogP contribution in [0.4, 0.5) is 0 Å². The van der Waals surface area contributed by atoms with Gasteiger partial charge in [-0.05, 0) is 18.8 Å². The maximum absolute atomic E-state index is 11.1. The maximum Gasteiger partial charge on any atom is 0.225 e. The fourth-order valence-electron chi connectivity index (χ4n) is 1.33. The first-order valence-corrected chi connectivity index (χ1v) is 6.21. The standard InChI is InChI=1S/C8H14N2O3S/c9-3-6-14(11,12)10-7-8-1-4-13-5-2-8/h8,10H,1-2,4-7H2. The molecule has 14 heavy (non-hydrogen) atoms. The molecule has 1 saturated heterocycles. The molecule has 0 aromatic heterocycles. The molecule has 1 N–H and O–H groups in total. The molecule has 1 rings (SSSR count). The Hall–Kier alpha value is -0.640. The van der Waals surface area contributed by atoms with E-state index in [4.69, 9.17) is 10.00 Å². The van der Waals surface area contributed by atoms with E-state index in [1.54, 1.807) is 6.07 Å². The van der Waals surface area contributed by atoms with Gasteiger partial charge in [0.1, 0.15) is 0 Å². The molecule has 1 aliphatic heterocycles. The summed E-state index contributed by atoms with van der Waals surface area (Å²) in [6, 6.07) is 1.62. The van der Waals surface area contributed by atoms with Crippen molar-refractivity contribution in [3.05, 3.63) is 0 Å². The second-order valence-electron chi connectivity index (χ2n) is 3.32. The third-order valence-corrected chi connectivity index (χ3v) is 3.30. The lowest BCUT2D eigenvalue weighted by Crippen LogP contribution is -2.33. The van der Waals surface area contributed by atoms with Crippen LogP contribution in [0.25, 0.3) is 0 Å². The van der Waals surface area contributed by atoms with Gasteiger partial charge in [0, 0.05) is 19.8 Å². The largest absolute Gasteiger partial charge is 0.381 e. The first kappa shape index (κ1) is 11.4. The summed E-state index contributed by atoms with van der Waals surface area (Å²) in [6.45, 7) is 1.82. The number of rotatable bonds is 4. The van der Waals surface area contributed by atoms with E-state index in [0.717, 1.165) is 12.8 Å². The molecule has 80 valence electrons. The van der Waals surface area contributed by atoms with E-state index in [1.807, 2.05) is 0 Å². The SMILES string of the molecule is N#CCS(=O)(=O)NCC1CCOCC1. The van der Waals surface area contributed by atoms with Gasteiger partial charge in [-0.1, -0.05) is 0 Å². The Morgan fingerprint density at radius 3 is 2.64 bits per heavy atom. The topological polar surface area (TPSA) is 79.2 Å².